The van der Waals surface area contributed by atoms with Crippen molar-refractivity contribution in [3.63, 3.8) is 0 Å². The van der Waals surface area contributed by atoms with Crippen LogP contribution in [0.2, 0.25) is 0 Å². The molecule has 0 spiro atoms. The van der Waals surface area contributed by atoms with Crippen molar-refractivity contribution in [2.45, 2.75) is 24.2 Å². The minimum absolute atomic E-state index is 0.117. The van der Waals surface area contributed by atoms with E-state index in [0.29, 0.717) is 37.3 Å². The van der Waals surface area contributed by atoms with E-state index in [-0.39, 0.29) is 10.8 Å². The Labute approximate surface area is 153 Å². The van der Waals surface area contributed by atoms with E-state index in [2.05, 4.69) is 11.4 Å². The quantitative estimate of drug-likeness (QED) is 0.719. The Morgan fingerprint density at radius 1 is 1.12 bits per heavy atom. The summed E-state index contributed by atoms with van der Waals surface area (Å²) in [6, 6.07) is 15.4. The van der Waals surface area contributed by atoms with Gasteiger partial charge in [0, 0.05) is 18.4 Å². The average molecular weight is 372 g/mol. The molecule has 2 aromatic carbocycles. The van der Waals surface area contributed by atoms with Gasteiger partial charge in [0.25, 0.3) is 0 Å². The molecule has 26 heavy (non-hydrogen) atoms. The third kappa shape index (κ3) is 6.22. The van der Waals surface area contributed by atoms with Gasteiger partial charge in [0.1, 0.15) is 5.75 Å². The lowest BCUT2D eigenvalue weighted by Gasteiger charge is -2.08. The Morgan fingerprint density at radius 3 is 2.35 bits per heavy atom. The van der Waals surface area contributed by atoms with Crippen molar-refractivity contribution in [2.75, 3.05) is 18.2 Å². The van der Waals surface area contributed by atoms with Crippen LogP contribution in [0.3, 0.4) is 0 Å². The van der Waals surface area contributed by atoms with Crippen LogP contribution < -0.4 is 10.1 Å². The molecule has 0 saturated heterocycles. The summed E-state index contributed by atoms with van der Waals surface area (Å²) in [5, 5.41) is 11.4. The third-order valence-corrected chi connectivity index (χ3v) is 4.72. The van der Waals surface area contributed by atoms with E-state index in [4.69, 9.17) is 10.00 Å². The zero-order valence-electron chi connectivity index (χ0n) is 14.4. The minimum Gasteiger partial charge on any atom is -0.494 e. The number of nitrogens with zero attached hydrogens (tertiary/aromatic N) is 1. The zero-order chi connectivity index (χ0) is 19.0. The number of nitriles is 1. The lowest BCUT2D eigenvalue weighted by atomic mass is 10.1. The standard InChI is InChI=1S/C19H20N2O4S/c1-26(23,24)18-10-8-17(9-11-18)25-14-2-3-19(22)21-16-6-4-15(5-7-16)12-13-20/h4-11H,2-3,12,14H2,1H3,(H,21,22). The highest BCUT2D eigenvalue weighted by molar-refractivity contribution is 7.90. The van der Waals surface area contributed by atoms with Gasteiger partial charge in [-0.05, 0) is 48.4 Å². The first kappa shape index (κ1) is 19.5. The molecule has 2 rings (SSSR count). The molecule has 1 N–H and O–H groups in total. The molecule has 1 amide bonds. The number of ether oxygens (including phenoxy) is 1. The number of nitrogens with one attached hydrogen (secondary N) is 1. The van der Waals surface area contributed by atoms with Gasteiger partial charge in [-0.1, -0.05) is 12.1 Å². The molecule has 0 bridgehead atoms. The summed E-state index contributed by atoms with van der Waals surface area (Å²) in [5.41, 5.74) is 1.59. The molecular formula is C19H20N2O4S. The summed E-state index contributed by atoms with van der Waals surface area (Å²) < 4.78 is 28.3. The second-order valence-corrected chi connectivity index (χ2v) is 7.79. The van der Waals surface area contributed by atoms with E-state index in [1.165, 1.54) is 12.1 Å². The number of sulfone groups is 1. The Morgan fingerprint density at radius 2 is 1.77 bits per heavy atom. The predicted octanol–water partition coefficient (Wildman–Crippen LogP) is 2.95. The summed E-state index contributed by atoms with van der Waals surface area (Å²) >= 11 is 0. The van der Waals surface area contributed by atoms with Gasteiger partial charge in [0.05, 0.1) is 24.0 Å². The van der Waals surface area contributed by atoms with E-state index in [1.807, 2.05) is 12.1 Å². The topological polar surface area (TPSA) is 96.3 Å². The van der Waals surface area contributed by atoms with Crippen molar-refractivity contribution in [1.29, 1.82) is 5.26 Å². The highest BCUT2D eigenvalue weighted by Gasteiger charge is 2.07. The maximum atomic E-state index is 11.9. The molecule has 0 unspecified atom stereocenters. The first-order chi connectivity index (χ1) is 12.4. The number of benzene rings is 2. The fourth-order valence-electron chi connectivity index (χ4n) is 2.23. The molecule has 6 nitrogen and oxygen atoms in total. The van der Waals surface area contributed by atoms with E-state index in [0.717, 1.165) is 11.8 Å². The number of rotatable bonds is 8. The molecular weight excluding hydrogens is 352 g/mol. The van der Waals surface area contributed by atoms with Crippen LogP contribution in [0.5, 0.6) is 5.75 Å². The first-order valence-electron chi connectivity index (χ1n) is 8.07. The van der Waals surface area contributed by atoms with Crippen molar-refractivity contribution in [1.82, 2.24) is 0 Å². The Kier molecular flexibility index (Phi) is 6.75. The van der Waals surface area contributed by atoms with Crippen molar-refractivity contribution in [2.24, 2.45) is 0 Å². The molecule has 7 heteroatoms. The summed E-state index contributed by atoms with van der Waals surface area (Å²) in [5.74, 6) is 0.444. The molecule has 0 aliphatic carbocycles. The van der Waals surface area contributed by atoms with Crippen LogP contribution in [-0.2, 0) is 21.1 Å². The van der Waals surface area contributed by atoms with Gasteiger partial charge >= 0.3 is 0 Å². The lowest BCUT2D eigenvalue weighted by molar-refractivity contribution is -0.116. The maximum Gasteiger partial charge on any atom is 0.224 e. The number of anilines is 1. The maximum absolute atomic E-state index is 11.9. The molecule has 0 heterocycles. The van der Waals surface area contributed by atoms with Crippen LogP contribution in [-0.4, -0.2) is 27.2 Å². The fourth-order valence-corrected chi connectivity index (χ4v) is 2.86. The first-order valence-corrected chi connectivity index (χ1v) is 9.96. The van der Waals surface area contributed by atoms with Crippen molar-refractivity contribution in [3.05, 3.63) is 54.1 Å². The van der Waals surface area contributed by atoms with Gasteiger partial charge in [-0.2, -0.15) is 5.26 Å². The van der Waals surface area contributed by atoms with Gasteiger partial charge in [-0.25, -0.2) is 8.42 Å². The van der Waals surface area contributed by atoms with E-state index in [1.54, 1.807) is 24.3 Å². The summed E-state index contributed by atoms with van der Waals surface area (Å²) in [6.07, 6.45) is 2.34. The monoisotopic (exact) mass is 372 g/mol. The normalized spacial score (nSPS) is 10.8. The molecule has 2 aromatic rings. The lowest BCUT2D eigenvalue weighted by Crippen LogP contribution is -2.12. The molecule has 0 atom stereocenters. The Balaban J connectivity index is 1.72. The second kappa shape index (κ2) is 9.02. The minimum atomic E-state index is -3.22. The van der Waals surface area contributed by atoms with Crippen molar-refractivity contribution in [3.8, 4) is 11.8 Å². The smallest absolute Gasteiger partial charge is 0.224 e. The number of carbonyl (C=O) groups excluding carboxylic acids is 1. The number of carbonyl (C=O) groups is 1. The van der Waals surface area contributed by atoms with Crippen molar-refractivity contribution < 1.29 is 17.9 Å². The van der Waals surface area contributed by atoms with Crippen LogP contribution in [0.25, 0.3) is 0 Å². The SMILES string of the molecule is CS(=O)(=O)c1ccc(OCCCC(=O)Nc2ccc(CC#N)cc2)cc1. The van der Waals surface area contributed by atoms with Gasteiger partial charge in [0.2, 0.25) is 5.91 Å². The van der Waals surface area contributed by atoms with E-state index >= 15 is 0 Å². The third-order valence-electron chi connectivity index (χ3n) is 3.59. The summed E-state index contributed by atoms with van der Waals surface area (Å²) in [6.45, 7) is 0.354. The van der Waals surface area contributed by atoms with Crippen LogP contribution in [0, 0.1) is 11.3 Å². The van der Waals surface area contributed by atoms with Crippen LogP contribution >= 0.6 is 0 Å². The Hall–Kier alpha value is -2.85. The molecule has 0 aromatic heterocycles. The zero-order valence-corrected chi connectivity index (χ0v) is 15.3. The molecule has 0 radical (unpaired) electrons. The van der Waals surface area contributed by atoms with Gasteiger partial charge in [0.15, 0.2) is 9.84 Å². The number of hydrogen-bond donors (Lipinski definition) is 1. The molecule has 0 saturated carbocycles. The highest BCUT2D eigenvalue weighted by Crippen LogP contribution is 2.16. The largest absolute Gasteiger partial charge is 0.494 e. The second-order valence-electron chi connectivity index (χ2n) is 5.78. The number of hydrogen-bond acceptors (Lipinski definition) is 5. The van der Waals surface area contributed by atoms with E-state index < -0.39 is 9.84 Å². The summed E-state index contributed by atoms with van der Waals surface area (Å²) in [7, 11) is -3.22. The van der Waals surface area contributed by atoms with Crippen LogP contribution in [0.4, 0.5) is 5.69 Å². The molecule has 0 aliphatic heterocycles. The Bertz CT molecular complexity index is 883. The fraction of sp³-hybridized carbons (Fsp3) is 0.263. The van der Waals surface area contributed by atoms with E-state index in [9.17, 15) is 13.2 Å². The average Bonchev–Trinajstić information content (AvgIpc) is 2.60. The van der Waals surface area contributed by atoms with Gasteiger partial charge in [-0.3, -0.25) is 4.79 Å². The van der Waals surface area contributed by atoms with Crippen LogP contribution in [0.15, 0.2) is 53.4 Å². The molecule has 0 fully saturated rings. The highest BCUT2D eigenvalue weighted by atomic mass is 32.2. The molecule has 0 aliphatic rings. The predicted molar refractivity (Wildman–Crippen MR) is 98.7 cm³/mol. The summed E-state index contributed by atoms with van der Waals surface area (Å²) in [4.78, 5) is 12.1. The van der Waals surface area contributed by atoms with Crippen molar-refractivity contribution >= 4 is 21.4 Å². The van der Waals surface area contributed by atoms with Crippen LogP contribution in [0.1, 0.15) is 18.4 Å². The number of amides is 1. The van der Waals surface area contributed by atoms with Gasteiger partial charge < -0.3 is 10.1 Å². The molecule has 136 valence electrons. The van der Waals surface area contributed by atoms with Gasteiger partial charge in [-0.15, -0.1) is 0 Å².